The Morgan fingerprint density at radius 2 is 1.50 bits per heavy atom. The van der Waals surface area contributed by atoms with Gasteiger partial charge in [-0.1, -0.05) is 27.2 Å². The molecule has 0 radical (unpaired) electrons. The van der Waals surface area contributed by atoms with Crippen molar-refractivity contribution < 1.29 is 0 Å². The lowest BCUT2D eigenvalue weighted by Crippen LogP contribution is -2.46. The van der Waals surface area contributed by atoms with E-state index in [1.54, 1.807) is 0 Å². The van der Waals surface area contributed by atoms with Gasteiger partial charge in [-0.2, -0.15) is 0 Å². The van der Waals surface area contributed by atoms with Gasteiger partial charge < -0.3 is 15.5 Å². The third kappa shape index (κ3) is 6.17. The SMILES string of the molecule is CCCN1CCN(CCCCC(C)(C)CN)CC1. The maximum atomic E-state index is 5.76. The third-order valence-corrected chi connectivity index (χ3v) is 4.14. The van der Waals surface area contributed by atoms with Crippen LogP contribution in [-0.4, -0.2) is 55.6 Å². The molecule has 2 N–H and O–H groups in total. The third-order valence-electron chi connectivity index (χ3n) is 4.14. The first-order valence-corrected chi connectivity index (χ1v) is 7.72. The van der Waals surface area contributed by atoms with E-state index in [2.05, 4.69) is 30.6 Å². The molecule has 0 aromatic heterocycles. The smallest absolute Gasteiger partial charge is 0.0110 e. The Kier molecular flexibility index (Phi) is 7.20. The molecule has 0 aliphatic carbocycles. The van der Waals surface area contributed by atoms with Crippen LogP contribution in [0.5, 0.6) is 0 Å². The highest BCUT2D eigenvalue weighted by atomic mass is 15.3. The molecule has 0 spiro atoms. The summed E-state index contributed by atoms with van der Waals surface area (Å²) in [6, 6.07) is 0. The molecule has 0 saturated carbocycles. The lowest BCUT2D eigenvalue weighted by atomic mass is 9.87. The van der Waals surface area contributed by atoms with Gasteiger partial charge in [0.15, 0.2) is 0 Å². The van der Waals surface area contributed by atoms with Crippen molar-refractivity contribution in [3.05, 3.63) is 0 Å². The highest BCUT2D eigenvalue weighted by molar-refractivity contribution is 4.73. The second-order valence-electron chi connectivity index (χ2n) is 6.51. The highest BCUT2D eigenvalue weighted by Crippen LogP contribution is 2.21. The van der Waals surface area contributed by atoms with Crippen molar-refractivity contribution in [1.29, 1.82) is 0 Å². The maximum Gasteiger partial charge on any atom is 0.0110 e. The Labute approximate surface area is 114 Å². The molecule has 3 nitrogen and oxygen atoms in total. The van der Waals surface area contributed by atoms with Gasteiger partial charge in [0.25, 0.3) is 0 Å². The first kappa shape index (κ1) is 15.9. The molecule has 1 saturated heterocycles. The second kappa shape index (κ2) is 8.13. The van der Waals surface area contributed by atoms with Gasteiger partial charge in [-0.25, -0.2) is 0 Å². The molecule has 3 heteroatoms. The van der Waals surface area contributed by atoms with Crippen LogP contribution in [0.1, 0.15) is 46.5 Å². The van der Waals surface area contributed by atoms with Crippen molar-refractivity contribution in [3.63, 3.8) is 0 Å². The van der Waals surface area contributed by atoms with E-state index in [-0.39, 0.29) is 0 Å². The second-order valence-corrected chi connectivity index (χ2v) is 6.51. The van der Waals surface area contributed by atoms with Crippen LogP contribution in [0, 0.1) is 5.41 Å². The molecule has 0 aromatic carbocycles. The Bertz CT molecular complexity index is 208. The fraction of sp³-hybridized carbons (Fsp3) is 1.00. The van der Waals surface area contributed by atoms with Crippen molar-refractivity contribution >= 4 is 0 Å². The van der Waals surface area contributed by atoms with Crippen molar-refractivity contribution in [2.75, 3.05) is 45.8 Å². The summed E-state index contributed by atoms with van der Waals surface area (Å²) < 4.78 is 0. The zero-order chi connectivity index (χ0) is 13.4. The van der Waals surface area contributed by atoms with Crippen LogP contribution >= 0.6 is 0 Å². The minimum absolute atomic E-state index is 0.333. The standard InChI is InChI=1S/C15H33N3/c1-4-8-17-10-12-18(13-11-17)9-6-5-7-15(2,3)14-16/h4-14,16H2,1-3H3. The summed E-state index contributed by atoms with van der Waals surface area (Å²) in [6.45, 7) is 15.2. The molecule has 0 unspecified atom stereocenters. The summed E-state index contributed by atoms with van der Waals surface area (Å²) in [4.78, 5) is 5.22. The summed E-state index contributed by atoms with van der Waals surface area (Å²) in [5.74, 6) is 0. The van der Waals surface area contributed by atoms with Gasteiger partial charge in [0, 0.05) is 26.2 Å². The largest absolute Gasteiger partial charge is 0.330 e. The van der Waals surface area contributed by atoms with E-state index in [1.165, 1.54) is 65.0 Å². The normalized spacial score (nSPS) is 19.3. The number of rotatable bonds is 8. The summed E-state index contributed by atoms with van der Waals surface area (Å²) in [5.41, 5.74) is 6.09. The number of nitrogens with two attached hydrogens (primary N) is 1. The summed E-state index contributed by atoms with van der Waals surface area (Å²) >= 11 is 0. The van der Waals surface area contributed by atoms with E-state index in [4.69, 9.17) is 5.73 Å². The minimum atomic E-state index is 0.333. The van der Waals surface area contributed by atoms with Gasteiger partial charge in [-0.15, -0.1) is 0 Å². The van der Waals surface area contributed by atoms with E-state index in [0.29, 0.717) is 5.41 Å². The van der Waals surface area contributed by atoms with Crippen molar-refractivity contribution in [3.8, 4) is 0 Å². The van der Waals surface area contributed by atoms with E-state index in [9.17, 15) is 0 Å². The lowest BCUT2D eigenvalue weighted by molar-refractivity contribution is 0.130. The van der Waals surface area contributed by atoms with Gasteiger partial charge >= 0.3 is 0 Å². The average Bonchev–Trinajstić information content (AvgIpc) is 2.37. The first-order valence-electron chi connectivity index (χ1n) is 7.72. The van der Waals surface area contributed by atoms with Crippen LogP contribution in [0.25, 0.3) is 0 Å². The van der Waals surface area contributed by atoms with Crippen LogP contribution in [-0.2, 0) is 0 Å². The summed E-state index contributed by atoms with van der Waals surface area (Å²) in [6.07, 6.45) is 5.20. The van der Waals surface area contributed by atoms with Gasteiger partial charge in [0.2, 0.25) is 0 Å². The highest BCUT2D eigenvalue weighted by Gasteiger charge is 2.17. The molecule has 108 valence electrons. The molecule has 1 aliphatic rings. The molecule has 18 heavy (non-hydrogen) atoms. The Morgan fingerprint density at radius 1 is 0.944 bits per heavy atom. The topological polar surface area (TPSA) is 32.5 Å². The maximum absolute atomic E-state index is 5.76. The molecule has 1 fully saturated rings. The lowest BCUT2D eigenvalue weighted by Gasteiger charge is -2.34. The molecule has 0 aromatic rings. The van der Waals surface area contributed by atoms with Gasteiger partial charge in [-0.3, -0.25) is 0 Å². The van der Waals surface area contributed by atoms with E-state index < -0.39 is 0 Å². The summed E-state index contributed by atoms with van der Waals surface area (Å²) in [7, 11) is 0. The van der Waals surface area contributed by atoms with Gasteiger partial charge in [-0.05, 0) is 44.3 Å². The molecule has 1 heterocycles. The van der Waals surface area contributed by atoms with E-state index in [0.717, 1.165) is 6.54 Å². The zero-order valence-corrected chi connectivity index (χ0v) is 12.7. The number of unbranched alkanes of at least 4 members (excludes halogenated alkanes) is 1. The van der Waals surface area contributed by atoms with Crippen molar-refractivity contribution in [2.45, 2.75) is 46.5 Å². The van der Waals surface area contributed by atoms with E-state index >= 15 is 0 Å². The predicted molar refractivity (Wildman–Crippen MR) is 79.9 cm³/mol. The van der Waals surface area contributed by atoms with Crippen LogP contribution < -0.4 is 5.73 Å². The molecule has 0 amide bonds. The molecule has 0 bridgehead atoms. The zero-order valence-electron chi connectivity index (χ0n) is 12.7. The van der Waals surface area contributed by atoms with Gasteiger partial charge in [0.1, 0.15) is 0 Å². The fourth-order valence-corrected chi connectivity index (χ4v) is 2.59. The average molecular weight is 255 g/mol. The Balaban J connectivity index is 2.04. The quantitative estimate of drug-likeness (QED) is 0.675. The van der Waals surface area contributed by atoms with Crippen molar-refractivity contribution in [1.82, 2.24) is 9.80 Å². The fourth-order valence-electron chi connectivity index (χ4n) is 2.59. The molecule has 1 rings (SSSR count). The number of hydrogen-bond donors (Lipinski definition) is 1. The molecular formula is C15H33N3. The molecule has 1 aliphatic heterocycles. The number of hydrogen-bond acceptors (Lipinski definition) is 3. The monoisotopic (exact) mass is 255 g/mol. The van der Waals surface area contributed by atoms with Crippen molar-refractivity contribution in [2.24, 2.45) is 11.1 Å². The number of nitrogens with zero attached hydrogens (tertiary/aromatic N) is 2. The first-order chi connectivity index (χ1) is 8.57. The minimum Gasteiger partial charge on any atom is -0.330 e. The van der Waals surface area contributed by atoms with Crippen LogP contribution in [0.4, 0.5) is 0 Å². The molecular weight excluding hydrogens is 222 g/mol. The van der Waals surface area contributed by atoms with Crippen LogP contribution in [0.15, 0.2) is 0 Å². The van der Waals surface area contributed by atoms with Crippen LogP contribution in [0.3, 0.4) is 0 Å². The predicted octanol–water partition coefficient (Wildman–Crippen LogP) is 2.17. The van der Waals surface area contributed by atoms with Crippen LogP contribution in [0.2, 0.25) is 0 Å². The Morgan fingerprint density at radius 3 is 2.00 bits per heavy atom. The Hall–Kier alpha value is -0.120. The van der Waals surface area contributed by atoms with Gasteiger partial charge in [0.05, 0.1) is 0 Å². The number of piperazine rings is 1. The molecule has 0 atom stereocenters. The summed E-state index contributed by atoms with van der Waals surface area (Å²) in [5, 5.41) is 0. The van der Waals surface area contributed by atoms with E-state index in [1.807, 2.05) is 0 Å².